The van der Waals surface area contributed by atoms with Gasteiger partial charge < -0.3 is 20.9 Å². The number of likely N-dealkylation sites (N-methyl/N-ethyl adjacent to an activating group) is 1. The van der Waals surface area contributed by atoms with E-state index >= 15 is 0 Å². The van der Waals surface area contributed by atoms with Crippen molar-refractivity contribution < 1.29 is 9.59 Å². The second kappa shape index (κ2) is 9.20. The number of aromatic nitrogens is 2. The summed E-state index contributed by atoms with van der Waals surface area (Å²) >= 11 is 0. The molecule has 4 N–H and O–H groups in total. The van der Waals surface area contributed by atoms with Gasteiger partial charge in [0.25, 0.3) is 5.91 Å². The first-order chi connectivity index (χ1) is 15.5. The van der Waals surface area contributed by atoms with Crippen molar-refractivity contribution in [3.63, 3.8) is 0 Å². The van der Waals surface area contributed by atoms with Gasteiger partial charge in [0.15, 0.2) is 6.29 Å². The number of fused-ring (bicyclic) bond motifs is 2. The topological polar surface area (TPSA) is 102 Å². The average Bonchev–Trinajstić information content (AvgIpc) is 3.12. The number of aldehydes is 1. The molecule has 32 heavy (non-hydrogen) atoms. The monoisotopic (exact) mass is 429 g/mol. The van der Waals surface area contributed by atoms with E-state index in [9.17, 15) is 9.59 Å². The van der Waals surface area contributed by atoms with E-state index in [4.69, 9.17) is 5.73 Å². The lowest BCUT2D eigenvalue weighted by molar-refractivity contribution is 0.0950. The van der Waals surface area contributed by atoms with Gasteiger partial charge in [-0.25, -0.2) is 4.98 Å². The van der Waals surface area contributed by atoms with Crippen LogP contribution in [0.2, 0.25) is 0 Å². The molecule has 0 spiro atoms. The number of nitrogen functional groups attached to an aromatic ring is 1. The van der Waals surface area contributed by atoms with Gasteiger partial charge in [0.2, 0.25) is 0 Å². The van der Waals surface area contributed by atoms with Crippen molar-refractivity contribution in [2.24, 2.45) is 0 Å². The summed E-state index contributed by atoms with van der Waals surface area (Å²) < 4.78 is 2.00. The van der Waals surface area contributed by atoms with Gasteiger partial charge in [0.1, 0.15) is 5.82 Å². The highest BCUT2D eigenvalue weighted by Crippen LogP contribution is 2.27. The number of nitrogens with one attached hydrogen (secondary N) is 2. The third-order valence-electron chi connectivity index (χ3n) is 5.79. The predicted octanol–water partition coefficient (Wildman–Crippen LogP) is 3.30. The number of carbonyl (C=O) groups excluding carboxylic acids is 2. The summed E-state index contributed by atoms with van der Waals surface area (Å²) in [5, 5.41) is 9.07. The van der Waals surface area contributed by atoms with Gasteiger partial charge in [0, 0.05) is 41.1 Å². The quantitative estimate of drug-likeness (QED) is 0.373. The molecule has 0 atom stereocenters. The van der Waals surface area contributed by atoms with E-state index < -0.39 is 0 Å². The van der Waals surface area contributed by atoms with Crippen LogP contribution in [0, 0.1) is 0 Å². The third-order valence-corrected chi connectivity index (χ3v) is 5.79. The maximum absolute atomic E-state index is 12.9. The molecule has 7 nitrogen and oxygen atoms in total. The number of amides is 1. The standard InChI is InChI=1S/C25H27N5O2/c1-3-30-22-7-6-18(11-21(22)20(8-9-27-2)23(30)15-31)25(32)29-13-16-4-5-17-12-24(26)28-14-19(17)10-16/h4-7,10-12,14-15,27H,3,8-9,13H2,1-2H3,(H2,26,28)(H,29,32). The fourth-order valence-corrected chi connectivity index (χ4v) is 4.18. The number of nitrogens with zero attached hydrogens (tertiary/aromatic N) is 2. The second-order valence-electron chi connectivity index (χ2n) is 7.78. The summed E-state index contributed by atoms with van der Waals surface area (Å²) in [6.07, 6.45) is 3.37. The second-order valence-corrected chi connectivity index (χ2v) is 7.78. The van der Waals surface area contributed by atoms with Crippen molar-refractivity contribution in [1.29, 1.82) is 0 Å². The van der Waals surface area contributed by atoms with E-state index in [0.717, 1.165) is 52.1 Å². The number of nitrogens with two attached hydrogens (primary N) is 1. The van der Waals surface area contributed by atoms with Gasteiger partial charge in [-0.05, 0) is 73.8 Å². The normalized spacial score (nSPS) is 11.2. The number of pyridine rings is 1. The van der Waals surface area contributed by atoms with Crippen LogP contribution in [0.3, 0.4) is 0 Å². The molecule has 2 heterocycles. The minimum Gasteiger partial charge on any atom is -0.384 e. The summed E-state index contributed by atoms with van der Waals surface area (Å²) in [6.45, 7) is 3.86. The molecule has 164 valence electrons. The maximum atomic E-state index is 12.9. The lowest BCUT2D eigenvalue weighted by Crippen LogP contribution is -2.22. The Morgan fingerprint density at radius 1 is 1.16 bits per heavy atom. The zero-order chi connectivity index (χ0) is 22.7. The Morgan fingerprint density at radius 3 is 2.75 bits per heavy atom. The first-order valence-corrected chi connectivity index (χ1v) is 10.7. The van der Waals surface area contributed by atoms with Crippen LogP contribution in [0.25, 0.3) is 21.7 Å². The summed E-state index contributed by atoms with van der Waals surface area (Å²) in [7, 11) is 1.89. The van der Waals surface area contributed by atoms with Gasteiger partial charge in [-0.3, -0.25) is 9.59 Å². The number of benzene rings is 2. The van der Waals surface area contributed by atoms with E-state index in [0.29, 0.717) is 30.2 Å². The van der Waals surface area contributed by atoms with E-state index in [1.807, 2.05) is 61.0 Å². The van der Waals surface area contributed by atoms with Gasteiger partial charge >= 0.3 is 0 Å². The number of aryl methyl sites for hydroxylation is 1. The van der Waals surface area contributed by atoms with E-state index in [-0.39, 0.29) is 5.91 Å². The summed E-state index contributed by atoms with van der Waals surface area (Å²) in [5.74, 6) is 0.330. The molecular weight excluding hydrogens is 402 g/mol. The van der Waals surface area contributed by atoms with Crippen LogP contribution in [-0.4, -0.2) is 35.3 Å². The number of anilines is 1. The van der Waals surface area contributed by atoms with Crippen LogP contribution in [-0.2, 0) is 19.5 Å². The minimum atomic E-state index is -0.154. The molecule has 0 aliphatic heterocycles. The Balaban J connectivity index is 1.59. The van der Waals surface area contributed by atoms with E-state index in [1.54, 1.807) is 6.20 Å². The molecule has 0 radical (unpaired) electrons. The Bertz CT molecular complexity index is 1310. The maximum Gasteiger partial charge on any atom is 0.251 e. The largest absolute Gasteiger partial charge is 0.384 e. The molecule has 0 unspecified atom stereocenters. The number of hydrogen-bond acceptors (Lipinski definition) is 5. The average molecular weight is 430 g/mol. The molecule has 0 bridgehead atoms. The molecule has 7 heteroatoms. The molecule has 1 amide bonds. The molecule has 2 aromatic heterocycles. The van der Waals surface area contributed by atoms with Crippen molar-refractivity contribution in [3.8, 4) is 0 Å². The van der Waals surface area contributed by atoms with Crippen molar-refractivity contribution in [3.05, 3.63) is 71.0 Å². The molecule has 0 saturated carbocycles. The molecule has 2 aromatic carbocycles. The number of rotatable bonds is 8. The van der Waals surface area contributed by atoms with Gasteiger partial charge in [-0.2, -0.15) is 0 Å². The lowest BCUT2D eigenvalue weighted by Gasteiger charge is -2.08. The van der Waals surface area contributed by atoms with Crippen molar-refractivity contribution >= 4 is 39.7 Å². The summed E-state index contributed by atoms with van der Waals surface area (Å²) in [6, 6.07) is 13.4. The fourth-order valence-electron chi connectivity index (χ4n) is 4.18. The SMILES string of the molecule is CCn1c(C=O)c(CCNC)c2cc(C(=O)NCc3ccc4cc(N)ncc4c3)ccc21. The molecule has 0 aliphatic rings. The molecule has 4 aromatic rings. The predicted molar refractivity (Wildman–Crippen MR) is 128 cm³/mol. The molecule has 4 rings (SSSR count). The Labute approximate surface area is 186 Å². The first kappa shape index (κ1) is 21.5. The van der Waals surface area contributed by atoms with Crippen molar-refractivity contribution in [2.75, 3.05) is 19.3 Å². The Morgan fingerprint density at radius 2 is 2.00 bits per heavy atom. The zero-order valence-corrected chi connectivity index (χ0v) is 18.3. The van der Waals surface area contributed by atoms with E-state index in [2.05, 4.69) is 15.6 Å². The van der Waals surface area contributed by atoms with Crippen LogP contribution < -0.4 is 16.4 Å². The van der Waals surface area contributed by atoms with Gasteiger partial charge in [-0.1, -0.05) is 12.1 Å². The third kappa shape index (κ3) is 4.07. The minimum absolute atomic E-state index is 0.154. The Hall–Kier alpha value is -3.71. The van der Waals surface area contributed by atoms with Crippen LogP contribution in [0.1, 0.15) is 38.9 Å². The summed E-state index contributed by atoms with van der Waals surface area (Å²) in [4.78, 5) is 28.8. The van der Waals surface area contributed by atoms with Crippen LogP contribution in [0.15, 0.2) is 48.7 Å². The van der Waals surface area contributed by atoms with Crippen LogP contribution in [0.5, 0.6) is 0 Å². The Kier molecular flexibility index (Phi) is 6.18. The highest BCUT2D eigenvalue weighted by Gasteiger charge is 2.17. The molecule has 0 fully saturated rings. The first-order valence-electron chi connectivity index (χ1n) is 10.7. The van der Waals surface area contributed by atoms with Crippen LogP contribution in [0.4, 0.5) is 5.82 Å². The van der Waals surface area contributed by atoms with Gasteiger partial charge in [0.05, 0.1) is 5.69 Å². The number of carbonyl (C=O) groups is 2. The van der Waals surface area contributed by atoms with Crippen molar-refractivity contribution in [2.45, 2.75) is 26.4 Å². The number of hydrogen-bond donors (Lipinski definition) is 3. The van der Waals surface area contributed by atoms with Crippen molar-refractivity contribution in [1.82, 2.24) is 20.2 Å². The van der Waals surface area contributed by atoms with Crippen LogP contribution >= 0.6 is 0 Å². The molecular formula is C25H27N5O2. The molecule has 0 aliphatic carbocycles. The highest BCUT2D eigenvalue weighted by atomic mass is 16.1. The lowest BCUT2D eigenvalue weighted by atomic mass is 10.0. The van der Waals surface area contributed by atoms with Gasteiger partial charge in [-0.15, -0.1) is 0 Å². The summed E-state index contributed by atoms with van der Waals surface area (Å²) in [5.41, 5.74) is 9.92. The smallest absolute Gasteiger partial charge is 0.251 e. The molecule has 0 saturated heterocycles. The highest BCUT2D eigenvalue weighted by molar-refractivity contribution is 6.01. The fraction of sp³-hybridized carbons (Fsp3) is 0.240. The zero-order valence-electron chi connectivity index (χ0n) is 18.3. The van der Waals surface area contributed by atoms with E-state index in [1.165, 1.54) is 0 Å².